The van der Waals surface area contributed by atoms with Gasteiger partial charge in [-0.3, -0.25) is 4.55 Å². The topological polar surface area (TPSA) is 80.4 Å². The molecule has 3 N–H and O–H groups in total. The molecule has 0 bridgehead atoms. The third-order valence-electron chi connectivity index (χ3n) is 7.65. The van der Waals surface area contributed by atoms with E-state index in [-0.39, 0.29) is 38.7 Å². The van der Waals surface area contributed by atoms with E-state index in [1.165, 1.54) is 49.7 Å². The molecule has 0 amide bonds. The van der Waals surface area contributed by atoms with Crippen LogP contribution in [0.15, 0.2) is 84.9 Å². The van der Waals surface area contributed by atoms with Crippen molar-refractivity contribution in [2.75, 3.05) is 12.0 Å². The molecule has 7 heteroatoms. The molecular formula is C42H59NO3PPdS-. The van der Waals surface area contributed by atoms with Crippen LogP contribution in [0.3, 0.4) is 0 Å². The summed E-state index contributed by atoms with van der Waals surface area (Å²) in [6.45, 7) is 21.5. The van der Waals surface area contributed by atoms with Crippen molar-refractivity contribution in [3.63, 3.8) is 0 Å². The molecule has 0 aliphatic carbocycles. The molecule has 0 aromatic heterocycles. The molecule has 0 atom stereocenters. The standard InChI is InChI=1S/C29H45P.C12H10N.CH4O3S.Pd/c1-10-15-22-20-23(16-11-2)27(24(21-22)17-12-3)25-18-13-14-19-26(25)30(28(4,5)6)29(7,8)9;13-12-9-5-4-8-11(12)10-6-2-1-3-7-10;1-5(2,3)4;/h13-14,18-21H,10-12,15-17H2,1-9H3;1-6,8-9H,13H2;1H3,(H,2,3,4);/q;-1;;. The maximum atomic E-state index is 9.19. The van der Waals surface area contributed by atoms with Crippen molar-refractivity contribution in [2.24, 2.45) is 0 Å². The second kappa shape index (κ2) is 20.5. The molecule has 0 aliphatic heterocycles. The molecule has 49 heavy (non-hydrogen) atoms. The quantitative estimate of drug-likeness (QED) is 0.0581. The first-order chi connectivity index (χ1) is 22.4. The van der Waals surface area contributed by atoms with E-state index in [9.17, 15) is 8.42 Å². The van der Waals surface area contributed by atoms with Crippen molar-refractivity contribution >= 4 is 29.0 Å². The van der Waals surface area contributed by atoms with Crippen LogP contribution in [0.1, 0.15) is 98.3 Å². The average Bonchev–Trinajstić information content (AvgIpc) is 2.97. The Kier molecular flexibility index (Phi) is 18.7. The minimum absolute atomic E-state index is 0. The van der Waals surface area contributed by atoms with E-state index in [1.54, 1.807) is 22.0 Å². The molecule has 272 valence electrons. The first-order valence-electron chi connectivity index (χ1n) is 17.2. The Hall–Kier alpha value is -2.32. The summed E-state index contributed by atoms with van der Waals surface area (Å²) >= 11 is 0. The van der Waals surface area contributed by atoms with Crippen LogP contribution in [0.4, 0.5) is 5.69 Å². The molecule has 0 saturated carbocycles. The largest absolute Gasteiger partial charge is 0.406 e. The number of nitrogens with two attached hydrogens (primary N) is 1. The van der Waals surface area contributed by atoms with Crippen LogP contribution in [0.5, 0.6) is 0 Å². The van der Waals surface area contributed by atoms with Crippen LogP contribution in [0.2, 0.25) is 0 Å². The van der Waals surface area contributed by atoms with Gasteiger partial charge in [-0.15, -0.1) is 35.9 Å². The van der Waals surface area contributed by atoms with Gasteiger partial charge >= 0.3 is 0 Å². The van der Waals surface area contributed by atoms with E-state index in [0.717, 1.165) is 16.8 Å². The van der Waals surface area contributed by atoms with E-state index in [4.69, 9.17) is 10.3 Å². The molecular weight excluding hydrogens is 736 g/mol. The Morgan fingerprint density at radius 3 is 1.59 bits per heavy atom. The third-order valence-corrected chi connectivity index (χ3v) is 11.2. The summed E-state index contributed by atoms with van der Waals surface area (Å²) in [6, 6.07) is 33.2. The first kappa shape index (κ1) is 44.7. The molecule has 4 nitrogen and oxygen atoms in total. The predicted octanol–water partition coefficient (Wildman–Crippen LogP) is 11.2. The second-order valence-electron chi connectivity index (χ2n) is 14.3. The van der Waals surface area contributed by atoms with Crippen LogP contribution >= 0.6 is 7.92 Å². The molecule has 0 unspecified atom stereocenters. The van der Waals surface area contributed by atoms with E-state index < -0.39 is 10.1 Å². The second-order valence-corrected chi connectivity index (χ2v) is 19.6. The van der Waals surface area contributed by atoms with Crippen molar-refractivity contribution < 1.29 is 33.4 Å². The Labute approximate surface area is 313 Å². The van der Waals surface area contributed by atoms with Gasteiger partial charge in [0.15, 0.2) is 0 Å². The number of para-hydroxylation sites is 1. The van der Waals surface area contributed by atoms with Gasteiger partial charge in [-0.1, -0.05) is 150 Å². The van der Waals surface area contributed by atoms with Crippen LogP contribution < -0.4 is 11.0 Å². The summed E-state index contributed by atoms with van der Waals surface area (Å²) in [6.07, 6.45) is 7.85. The first-order valence-corrected chi connectivity index (χ1v) is 20.4. The predicted molar refractivity (Wildman–Crippen MR) is 213 cm³/mol. The Morgan fingerprint density at radius 2 is 1.16 bits per heavy atom. The molecule has 4 aromatic rings. The summed E-state index contributed by atoms with van der Waals surface area (Å²) in [5.74, 6) is 0. The molecule has 0 saturated heterocycles. The number of hydrogen-bond acceptors (Lipinski definition) is 3. The van der Waals surface area contributed by atoms with Crippen LogP contribution in [-0.2, 0) is 49.8 Å². The van der Waals surface area contributed by atoms with Gasteiger partial charge in [0.1, 0.15) is 0 Å². The number of nitrogen functional groups attached to an aromatic ring is 1. The van der Waals surface area contributed by atoms with Crippen molar-refractivity contribution in [3.8, 4) is 22.3 Å². The van der Waals surface area contributed by atoms with Gasteiger partial charge in [0.05, 0.1) is 6.26 Å². The molecule has 4 rings (SSSR count). The summed E-state index contributed by atoms with van der Waals surface area (Å²) < 4.78 is 25.9. The number of hydrogen-bond donors (Lipinski definition) is 2. The van der Waals surface area contributed by atoms with Crippen LogP contribution in [-0.4, -0.2) is 29.5 Å². The van der Waals surface area contributed by atoms with Crippen molar-refractivity contribution in [3.05, 3.63) is 108 Å². The van der Waals surface area contributed by atoms with Crippen LogP contribution in [0, 0.1) is 6.07 Å². The van der Waals surface area contributed by atoms with E-state index in [0.29, 0.717) is 6.26 Å². The molecule has 0 aliphatic rings. The third kappa shape index (κ3) is 14.8. The van der Waals surface area contributed by atoms with Crippen molar-refractivity contribution in [2.45, 2.75) is 111 Å². The normalized spacial score (nSPS) is 11.5. The van der Waals surface area contributed by atoms with Gasteiger partial charge in [-0.2, -0.15) is 8.42 Å². The minimum Gasteiger partial charge on any atom is -0.406 e. The SMILES string of the molecule is CCCc1cc(CCC)c(-c2ccccc2P(C(C)(C)C)C(C)(C)C)c(CCC)c1.CS(=O)(=O)O.Nc1ccccc1-c1[c-]cccc1.[Pd]. The summed E-state index contributed by atoms with van der Waals surface area (Å²) in [4.78, 5) is 0. The number of anilines is 1. The maximum Gasteiger partial charge on any atom is 0.261 e. The molecule has 0 radical (unpaired) electrons. The Bertz CT molecular complexity index is 1630. The number of aryl methyl sites for hydroxylation is 3. The monoisotopic (exact) mass is 794 g/mol. The van der Waals surface area contributed by atoms with Crippen molar-refractivity contribution in [1.29, 1.82) is 0 Å². The zero-order valence-corrected chi connectivity index (χ0v) is 34.6. The molecule has 4 aromatic carbocycles. The zero-order chi connectivity index (χ0) is 36.1. The van der Waals surface area contributed by atoms with E-state index >= 15 is 0 Å². The van der Waals surface area contributed by atoms with E-state index in [1.807, 2.05) is 48.5 Å². The average molecular weight is 795 g/mol. The molecule has 0 fully saturated rings. The fourth-order valence-corrected chi connectivity index (χ4v) is 10.6. The van der Waals surface area contributed by atoms with Crippen molar-refractivity contribution in [1.82, 2.24) is 0 Å². The van der Waals surface area contributed by atoms with Gasteiger partial charge < -0.3 is 5.73 Å². The fraction of sp³-hybridized carbons (Fsp3) is 0.429. The molecule has 0 spiro atoms. The fourth-order valence-electron chi connectivity index (χ4n) is 6.46. The summed E-state index contributed by atoms with van der Waals surface area (Å²) in [5, 5.41) is 2.12. The minimum atomic E-state index is -3.67. The number of rotatable bonds is 9. The van der Waals surface area contributed by atoms with Gasteiger partial charge in [-0.25, -0.2) is 0 Å². The maximum absolute atomic E-state index is 9.19. The van der Waals surface area contributed by atoms with Crippen LogP contribution in [0.25, 0.3) is 22.3 Å². The molecule has 0 heterocycles. The Balaban J connectivity index is 0.000000517. The summed E-state index contributed by atoms with van der Waals surface area (Å²) in [5.41, 5.74) is 16.4. The van der Waals surface area contributed by atoms with Gasteiger partial charge in [0, 0.05) is 20.4 Å². The van der Waals surface area contributed by atoms with Gasteiger partial charge in [0.2, 0.25) is 0 Å². The number of benzene rings is 4. The van der Waals surface area contributed by atoms with Gasteiger partial charge in [-0.05, 0) is 74.5 Å². The smallest absolute Gasteiger partial charge is 0.261 e. The Morgan fingerprint density at radius 1 is 0.714 bits per heavy atom. The van der Waals surface area contributed by atoms with Gasteiger partial charge in [0.25, 0.3) is 10.1 Å². The zero-order valence-electron chi connectivity index (χ0n) is 31.3. The van der Waals surface area contributed by atoms with E-state index in [2.05, 4.69) is 105 Å². The summed E-state index contributed by atoms with van der Waals surface area (Å²) in [7, 11) is -4.01.